The summed E-state index contributed by atoms with van der Waals surface area (Å²) in [4.78, 5) is 3.92. The molecule has 0 amide bonds. The maximum atomic E-state index is 2.55. The van der Waals surface area contributed by atoms with E-state index in [0.29, 0.717) is 0 Å². The van der Waals surface area contributed by atoms with Crippen LogP contribution < -0.4 is 4.90 Å². The summed E-state index contributed by atoms with van der Waals surface area (Å²) in [6.07, 6.45) is 6.94. The van der Waals surface area contributed by atoms with Gasteiger partial charge in [0, 0.05) is 63.4 Å². The molecule has 4 heterocycles. The van der Waals surface area contributed by atoms with Gasteiger partial charge in [-0.3, -0.25) is 0 Å². The second-order valence-electron chi connectivity index (χ2n) is 14.8. The summed E-state index contributed by atoms with van der Waals surface area (Å²) in [6.45, 7) is 0. The van der Waals surface area contributed by atoms with Crippen LogP contribution in [-0.4, -0.2) is 4.57 Å². The highest BCUT2D eigenvalue weighted by Gasteiger charge is 2.25. The van der Waals surface area contributed by atoms with Crippen molar-refractivity contribution < 1.29 is 0 Å². The van der Waals surface area contributed by atoms with E-state index in [1.807, 2.05) is 34.0 Å². The fourth-order valence-electron chi connectivity index (χ4n) is 8.77. The van der Waals surface area contributed by atoms with Crippen molar-refractivity contribution in [3.8, 4) is 27.9 Å². The Bertz CT molecular complexity index is 3340. The van der Waals surface area contributed by atoms with Crippen LogP contribution in [0.2, 0.25) is 0 Å². The van der Waals surface area contributed by atoms with Crippen molar-refractivity contribution in [1.82, 2.24) is 4.57 Å². The highest BCUT2D eigenvalue weighted by Crippen LogP contribution is 2.49. The molecule has 1 aliphatic rings. The van der Waals surface area contributed by atoms with Crippen molar-refractivity contribution in [1.29, 1.82) is 0 Å². The van der Waals surface area contributed by atoms with Crippen LogP contribution in [0.1, 0.15) is 16.9 Å². The number of fused-ring (bicyclic) bond motifs is 10. The monoisotopic (exact) mass is 782 g/mol. The summed E-state index contributed by atoms with van der Waals surface area (Å²) in [7, 11) is 0. The van der Waals surface area contributed by atoms with Crippen LogP contribution >= 0.6 is 34.0 Å². The van der Waals surface area contributed by atoms with Crippen molar-refractivity contribution in [2.45, 2.75) is 12.8 Å². The first-order valence-corrected chi connectivity index (χ1v) is 21.9. The second kappa shape index (κ2) is 13.2. The summed E-state index contributed by atoms with van der Waals surface area (Å²) in [5.74, 6) is 0. The van der Waals surface area contributed by atoms with Crippen molar-refractivity contribution in [3.63, 3.8) is 0 Å². The zero-order valence-electron chi connectivity index (χ0n) is 30.9. The van der Waals surface area contributed by atoms with Gasteiger partial charge in [0.05, 0.1) is 20.4 Å². The first-order chi connectivity index (χ1) is 28.2. The van der Waals surface area contributed by atoms with E-state index < -0.39 is 0 Å². The molecule has 270 valence electrons. The molecule has 0 spiro atoms. The number of hydrogen-bond acceptors (Lipinski definition) is 4. The molecule has 0 radical (unpaired) electrons. The molecule has 11 aromatic rings. The van der Waals surface area contributed by atoms with Gasteiger partial charge in [0.15, 0.2) is 0 Å². The highest BCUT2D eigenvalue weighted by atomic mass is 32.1. The van der Waals surface area contributed by atoms with Crippen LogP contribution in [0.15, 0.2) is 176 Å². The molecule has 0 unspecified atom stereocenters. The van der Waals surface area contributed by atoms with E-state index in [0.717, 1.165) is 29.9 Å². The third kappa shape index (κ3) is 5.34. The van der Waals surface area contributed by atoms with E-state index in [9.17, 15) is 0 Å². The Labute approximate surface area is 342 Å². The normalized spacial score (nSPS) is 12.7. The van der Waals surface area contributed by atoms with Crippen LogP contribution in [0.3, 0.4) is 0 Å². The number of hydrogen-bond donors (Lipinski definition) is 0. The van der Waals surface area contributed by atoms with Crippen LogP contribution in [0.25, 0.3) is 84.7 Å². The molecular formula is C52H34N2S3. The number of allylic oxidation sites excluding steroid dienone is 1. The first-order valence-electron chi connectivity index (χ1n) is 19.5. The number of benzene rings is 7. The lowest BCUT2D eigenvalue weighted by Crippen LogP contribution is -2.10. The fraction of sp³-hybridized carbons (Fsp3) is 0.0385. The first kappa shape index (κ1) is 33.0. The molecule has 0 saturated carbocycles. The summed E-state index contributed by atoms with van der Waals surface area (Å²) >= 11 is 5.79. The number of aromatic nitrogens is 1. The van der Waals surface area contributed by atoms with Crippen molar-refractivity contribution >= 4 is 108 Å². The van der Waals surface area contributed by atoms with Crippen molar-refractivity contribution in [2.24, 2.45) is 0 Å². The number of nitrogens with zero attached hydrogens (tertiary/aromatic N) is 2. The molecule has 5 heteroatoms. The van der Waals surface area contributed by atoms with Gasteiger partial charge in [-0.15, -0.1) is 34.0 Å². The lowest BCUT2D eigenvalue weighted by atomic mass is 9.99. The van der Waals surface area contributed by atoms with Gasteiger partial charge in [0.25, 0.3) is 0 Å². The van der Waals surface area contributed by atoms with Crippen molar-refractivity contribution in [3.05, 3.63) is 186 Å². The van der Waals surface area contributed by atoms with Crippen LogP contribution in [0.5, 0.6) is 0 Å². The lowest BCUT2D eigenvalue weighted by molar-refractivity contribution is 1.01. The summed E-state index contributed by atoms with van der Waals surface area (Å²) in [6, 6.07) is 62.4. The number of thiophene rings is 3. The molecule has 4 aromatic heterocycles. The topological polar surface area (TPSA) is 8.17 Å². The largest absolute Gasteiger partial charge is 0.310 e. The van der Waals surface area contributed by atoms with E-state index in [1.165, 1.54) is 89.1 Å². The SMILES string of the molecule is C1=Cc2c(sc3c4sc5ccccc5c4n(-c4ccc(N(c5ccc(-c6cccc(-c7ccccc7)c6)cc5)c5ccc6sc7ccccc7c6c5)cc4)c23)CC1. The molecule has 1 aliphatic carbocycles. The van der Waals surface area contributed by atoms with E-state index in [1.54, 1.807) is 0 Å². The average molecular weight is 783 g/mol. The standard InChI is InChI=1S/C52H34N2S3/c1-2-11-33(12-3-1)35-13-10-14-36(31-35)34-21-23-37(24-22-34)53(40-29-30-48-44(32-40)41-15-4-7-18-45(41)55-48)38-25-27-39(28-26-38)54-49-42-16-5-8-19-46(42)56-51(49)52-50(54)43-17-6-9-20-47(43)57-52/h1-8,10-19,21-32H,9,20H2. The quantitative estimate of drug-likeness (QED) is 0.163. The minimum absolute atomic E-state index is 1.12. The number of anilines is 3. The maximum absolute atomic E-state index is 2.55. The Balaban J connectivity index is 1.00. The predicted molar refractivity (Wildman–Crippen MR) is 250 cm³/mol. The minimum atomic E-state index is 1.12. The predicted octanol–water partition coefficient (Wildman–Crippen LogP) is 16.2. The van der Waals surface area contributed by atoms with Gasteiger partial charge in [0.1, 0.15) is 0 Å². The summed E-state index contributed by atoms with van der Waals surface area (Å²) in [5.41, 5.74) is 13.5. The molecule has 0 aliphatic heterocycles. The maximum Gasteiger partial charge on any atom is 0.0736 e. The summed E-state index contributed by atoms with van der Waals surface area (Å²) in [5, 5.41) is 3.92. The molecule has 0 N–H and O–H groups in total. The molecule has 57 heavy (non-hydrogen) atoms. The number of rotatable bonds is 6. The minimum Gasteiger partial charge on any atom is -0.310 e. The Morgan fingerprint density at radius 3 is 1.84 bits per heavy atom. The van der Waals surface area contributed by atoms with Gasteiger partial charge in [0.2, 0.25) is 0 Å². The van der Waals surface area contributed by atoms with Gasteiger partial charge < -0.3 is 9.47 Å². The van der Waals surface area contributed by atoms with Gasteiger partial charge in [-0.2, -0.15) is 0 Å². The van der Waals surface area contributed by atoms with E-state index in [-0.39, 0.29) is 0 Å². The van der Waals surface area contributed by atoms with Crippen LogP contribution in [-0.2, 0) is 6.42 Å². The Hall–Kier alpha value is -6.24. The van der Waals surface area contributed by atoms with Crippen LogP contribution in [0, 0.1) is 0 Å². The molecule has 0 fully saturated rings. The molecule has 12 rings (SSSR count). The fourth-order valence-corrected chi connectivity index (χ4v) is 12.5. The van der Waals surface area contributed by atoms with E-state index in [2.05, 4.69) is 191 Å². The van der Waals surface area contributed by atoms with Gasteiger partial charge in [-0.1, -0.05) is 109 Å². The van der Waals surface area contributed by atoms with Gasteiger partial charge in [-0.05, 0) is 108 Å². The average Bonchev–Trinajstić information content (AvgIpc) is 4.03. The molecule has 0 saturated heterocycles. The third-order valence-electron chi connectivity index (χ3n) is 11.5. The van der Waals surface area contributed by atoms with Gasteiger partial charge in [-0.25, -0.2) is 0 Å². The molecule has 0 bridgehead atoms. The highest BCUT2D eigenvalue weighted by molar-refractivity contribution is 7.31. The zero-order valence-corrected chi connectivity index (χ0v) is 33.3. The molecule has 0 atom stereocenters. The van der Waals surface area contributed by atoms with E-state index in [4.69, 9.17) is 0 Å². The Morgan fingerprint density at radius 1 is 0.439 bits per heavy atom. The molecular weight excluding hydrogens is 749 g/mol. The number of aryl methyl sites for hydroxylation is 1. The molecule has 2 nitrogen and oxygen atoms in total. The smallest absolute Gasteiger partial charge is 0.0736 e. The van der Waals surface area contributed by atoms with Crippen LogP contribution in [0.4, 0.5) is 17.1 Å². The Kier molecular flexibility index (Phi) is 7.62. The van der Waals surface area contributed by atoms with Gasteiger partial charge >= 0.3 is 0 Å². The summed E-state index contributed by atoms with van der Waals surface area (Å²) < 4.78 is 9.33. The lowest BCUT2D eigenvalue weighted by Gasteiger charge is -2.26. The Morgan fingerprint density at radius 2 is 1.05 bits per heavy atom. The second-order valence-corrected chi connectivity index (χ2v) is 18.0. The van der Waals surface area contributed by atoms with Crippen molar-refractivity contribution in [2.75, 3.05) is 4.90 Å². The molecule has 7 aromatic carbocycles. The van der Waals surface area contributed by atoms with E-state index >= 15 is 0 Å². The zero-order chi connectivity index (χ0) is 37.5. The third-order valence-corrected chi connectivity index (χ3v) is 15.2.